The summed E-state index contributed by atoms with van der Waals surface area (Å²) in [6, 6.07) is 14.7. The van der Waals surface area contributed by atoms with E-state index in [0.717, 1.165) is 5.56 Å². The van der Waals surface area contributed by atoms with Gasteiger partial charge in [-0.2, -0.15) is 4.98 Å². The van der Waals surface area contributed by atoms with Crippen LogP contribution < -0.4 is 10.1 Å². The van der Waals surface area contributed by atoms with Crippen molar-refractivity contribution in [3.05, 3.63) is 54.2 Å². The number of anilines is 1. The Morgan fingerprint density at radius 1 is 1.13 bits per heavy atom. The minimum atomic E-state index is -0.816. The second-order valence-corrected chi connectivity index (χ2v) is 4.79. The van der Waals surface area contributed by atoms with Gasteiger partial charge in [0.15, 0.2) is 0 Å². The molecule has 0 saturated heterocycles. The van der Waals surface area contributed by atoms with Crippen molar-refractivity contribution in [2.75, 3.05) is 19.0 Å². The Hall–Kier alpha value is -2.93. The maximum absolute atomic E-state index is 10.2. The molecule has 3 aromatic rings. The van der Waals surface area contributed by atoms with Gasteiger partial charge in [0, 0.05) is 18.2 Å². The highest BCUT2D eigenvalue weighted by molar-refractivity contribution is 5.53. The van der Waals surface area contributed by atoms with E-state index in [1.54, 1.807) is 18.2 Å². The number of benzene rings is 1. The lowest BCUT2D eigenvalue weighted by Gasteiger charge is -2.10. The number of nitrogens with one attached hydrogen (secondary N) is 1. The van der Waals surface area contributed by atoms with Crippen molar-refractivity contribution < 1.29 is 14.4 Å². The smallest absolute Gasteiger partial charge is 0.263 e. The molecule has 0 aliphatic rings. The van der Waals surface area contributed by atoms with Crippen LogP contribution in [0.1, 0.15) is 11.8 Å². The zero-order valence-corrected chi connectivity index (χ0v) is 12.5. The Kier molecular flexibility index (Phi) is 4.49. The van der Waals surface area contributed by atoms with Crippen LogP contribution in [-0.2, 0) is 0 Å². The predicted molar refractivity (Wildman–Crippen MR) is 84.0 cm³/mol. The normalized spacial score (nSPS) is 11.9. The third kappa shape index (κ3) is 3.64. The van der Waals surface area contributed by atoms with Gasteiger partial charge in [-0.3, -0.25) is 0 Å². The second kappa shape index (κ2) is 6.89. The van der Waals surface area contributed by atoms with Crippen LogP contribution in [0.25, 0.3) is 11.5 Å². The first kappa shape index (κ1) is 15.0. The molecule has 2 heterocycles. The zero-order chi connectivity index (χ0) is 16.1. The first-order chi connectivity index (χ1) is 11.3. The molecule has 0 fully saturated rings. The van der Waals surface area contributed by atoms with Gasteiger partial charge < -0.3 is 19.7 Å². The molecule has 0 amide bonds. The summed E-state index contributed by atoms with van der Waals surface area (Å²) in [5.74, 6) is 1.18. The molecule has 2 aromatic heterocycles. The number of rotatable bonds is 6. The average Bonchev–Trinajstić information content (AvgIpc) is 3.09. The van der Waals surface area contributed by atoms with Gasteiger partial charge in [-0.15, -0.1) is 0 Å². The lowest BCUT2D eigenvalue weighted by atomic mass is 10.2. The molecule has 3 rings (SSSR count). The first-order valence-electron chi connectivity index (χ1n) is 7.08. The van der Waals surface area contributed by atoms with E-state index in [4.69, 9.17) is 9.26 Å². The Bertz CT molecular complexity index is 761. The van der Waals surface area contributed by atoms with Crippen LogP contribution in [0, 0.1) is 0 Å². The van der Waals surface area contributed by atoms with Gasteiger partial charge in [-0.25, -0.2) is 4.98 Å². The van der Waals surface area contributed by atoms with Crippen molar-refractivity contribution in [1.29, 1.82) is 0 Å². The summed E-state index contributed by atoms with van der Waals surface area (Å²) in [6.07, 6.45) is -0.816. The molecule has 7 heteroatoms. The predicted octanol–water partition coefficient (Wildman–Crippen LogP) is 2.29. The van der Waals surface area contributed by atoms with E-state index >= 15 is 0 Å². The first-order valence-corrected chi connectivity index (χ1v) is 7.08. The van der Waals surface area contributed by atoms with Gasteiger partial charge in [-0.1, -0.05) is 24.3 Å². The molecule has 0 bridgehead atoms. The molecule has 118 valence electrons. The summed E-state index contributed by atoms with van der Waals surface area (Å²) in [4.78, 5) is 8.41. The summed E-state index contributed by atoms with van der Waals surface area (Å²) in [6.45, 7) is 0.202. The number of hydrogen-bond acceptors (Lipinski definition) is 7. The Labute approximate surface area is 133 Å². The van der Waals surface area contributed by atoms with Crippen molar-refractivity contribution in [1.82, 2.24) is 15.1 Å². The highest BCUT2D eigenvalue weighted by atomic mass is 16.5. The molecule has 0 spiro atoms. The lowest BCUT2D eigenvalue weighted by molar-refractivity contribution is 0.185. The third-order valence-corrected chi connectivity index (χ3v) is 3.20. The maximum Gasteiger partial charge on any atom is 0.263 e. The van der Waals surface area contributed by atoms with Crippen molar-refractivity contribution in [3.8, 4) is 17.3 Å². The number of hydrogen-bond donors (Lipinski definition) is 2. The minimum Gasteiger partial charge on any atom is -0.481 e. The monoisotopic (exact) mass is 312 g/mol. The quantitative estimate of drug-likeness (QED) is 0.721. The fourth-order valence-corrected chi connectivity index (χ4v) is 2.02. The molecule has 0 aliphatic carbocycles. The molecule has 0 aliphatic heterocycles. The van der Waals surface area contributed by atoms with Crippen LogP contribution in [0.4, 0.5) is 5.95 Å². The molecule has 0 radical (unpaired) electrons. The summed E-state index contributed by atoms with van der Waals surface area (Å²) in [5, 5.41) is 16.9. The van der Waals surface area contributed by atoms with Crippen molar-refractivity contribution in [2.24, 2.45) is 0 Å². The Morgan fingerprint density at radius 3 is 2.74 bits per heavy atom. The van der Waals surface area contributed by atoms with E-state index in [-0.39, 0.29) is 6.54 Å². The fraction of sp³-hybridized carbons (Fsp3) is 0.188. The van der Waals surface area contributed by atoms with E-state index in [2.05, 4.69) is 20.4 Å². The molecule has 0 saturated carbocycles. The van der Waals surface area contributed by atoms with Crippen LogP contribution in [0.5, 0.6) is 5.88 Å². The number of pyridine rings is 1. The van der Waals surface area contributed by atoms with Crippen LogP contribution in [-0.4, -0.2) is 33.9 Å². The largest absolute Gasteiger partial charge is 0.481 e. The minimum absolute atomic E-state index is 0.202. The number of nitrogens with zero attached hydrogens (tertiary/aromatic N) is 3. The second-order valence-electron chi connectivity index (χ2n) is 4.79. The molecule has 23 heavy (non-hydrogen) atoms. The molecule has 2 N–H and O–H groups in total. The molecular weight excluding hydrogens is 296 g/mol. The molecule has 1 unspecified atom stereocenters. The van der Waals surface area contributed by atoms with Crippen molar-refractivity contribution >= 4 is 5.95 Å². The van der Waals surface area contributed by atoms with Gasteiger partial charge >= 0.3 is 0 Å². The Balaban J connectivity index is 1.63. The average molecular weight is 312 g/mol. The summed E-state index contributed by atoms with van der Waals surface area (Å²) in [5.41, 5.74) is 1.34. The van der Waals surface area contributed by atoms with Gasteiger partial charge in [0.1, 0.15) is 6.10 Å². The van der Waals surface area contributed by atoms with E-state index in [1.807, 2.05) is 30.3 Å². The Morgan fingerprint density at radius 2 is 1.96 bits per heavy atom. The standard InChI is InChI=1S/C16H16N4O3/c1-22-14-9-5-8-12(18-14)13(21)10-17-16-19-15(23-20-16)11-6-3-2-4-7-11/h2-9,13,21H,10H2,1H3,(H,17,20). The third-order valence-electron chi connectivity index (χ3n) is 3.20. The summed E-state index contributed by atoms with van der Waals surface area (Å²) >= 11 is 0. The summed E-state index contributed by atoms with van der Waals surface area (Å²) in [7, 11) is 1.53. The number of methoxy groups -OCH3 is 1. The number of aliphatic hydroxyl groups excluding tert-OH is 1. The van der Waals surface area contributed by atoms with Crippen LogP contribution >= 0.6 is 0 Å². The number of aliphatic hydroxyl groups is 1. The molecular formula is C16H16N4O3. The SMILES string of the molecule is COc1cccc(C(O)CNc2noc(-c3ccccc3)n2)n1. The van der Waals surface area contributed by atoms with Crippen LogP contribution in [0.15, 0.2) is 53.1 Å². The van der Waals surface area contributed by atoms with Gasteiger partial charge in [0.25, 0.3) is 11.8 Å². The summed E-state index contributed by atoms with van der Waals surface area (Å²) < 4.78 is 10.2. The highest BCUT2D eigenvalue weighted by Crippen LogP contribution is 2.19. The maximum atomic E-state index is 10.2. The topological polar surface area (TPSA) is 93.3 Å². The fourth-order valence-electron chi connectivity index (χ4n) is 2.02. The van der Waals surface area contributed by atoms with Gasteiger partial charge in [0.05, 0.1) is 12.8 Å². The van der Waals surface area contributed by atoms with Gasteiger partial charge in [-0.05, 0) is 23.4 Å². The van der Waals surface area contributed by atoms with E-state index in [0.29, 0.717) is 23.4 Å². The lowest BCUT2D eigenvalue weighted by Crippen LogP contribution is -2.14. The van der Waals surface area contributed by atoms with Crippen LogP contribution in [0.3, 0.4) is 0 Å². The van der Waals surface area contributed by atoms with Crippen molar-refractivity contribution in [2.45, 2.75) is 6.10 Å². The zero-order valence-electron chi connectivity index (χ0n) is 12.5. The molecule has 1 aromatic carbocycles. The van der Waals surface area contributed by atoms with Crippen LogP contribution in [0.2, 0.25) is 0 Å². The van der Waals surface area contributed by atoms with E-state index < -0.39 is 6.10 Å². The molecule has 7 nitrogen and oxygen atoms in total. The highest BCUT2D eigenvalue weighted by Gasteiger charge is 2.13. The van der Waals surface area contributed by atoms with Gasteiger partial charge in [0.2, 0.25) is 5.88 Å². The number of ether oxygens (including phenoxy) is 1. The van der Waals surface area contributed by atoms with Crippen molar-refractivity contribution in [3.63, 3.8) is 0 Å². The number of aromatic nitrogens is 3. The van der Waals surface area contributed by atoms with E-state index in [9.17, 15) is 5.11 Å². The molecule has 1 atom stereocenters. The van der Waals surface area contributed by atoms with E-state index in [1.165, 1.54) is 7.11 Å².